The van der Waals surface area contributed by atoms with Gasteiger partial charge in [-0.1, -0.05) is 42.5 Å². The van der Waals surface area contributed by atoms with Crippen molar-refractivity contribution in [3.05, 3.63) is 106 Å². The lowest BCUT2D eigenvalue weighted by atomic mass is 10.1. The molecule has 0 saturated carbocycles. The van der Waals surface area contributed by atoms with Crippen LogP contribution in [0.25, 0.3) is 0 Å². The zero-order chi connectivity index (χ0) is 23.6. The third-order valence-corrected chi connectivity index (χ3v) is 5.58. The highest BCUT2D eigenvalue weighted by Crippen LogP contribution is 2.17. The number of nitrogens with one attached hydrogen (secondary N) is 2. The number of non-ortho nitro benzene ring substituents is 1. The van der Waals surface area contributed by atoms with Gasteiger partial charge in [-0.25, -0.2) is 5.43 Å². The van der Waals surface area contributed by atoms with Gasteiger partial charge in [0.05, 0.1) is 16.4 Å². The summed E-state index contributed by atoms with van der Waals surface area (Å²) in [6.45, 7) is 1.77. The second-order valence-corrected chi connectivity index (χ2v) is 8.04. The lowest BCUT2D eigenvalue weighted by molar-refractivity contribution is -0.384. The normalized spacial score (nSPS) is 11.0. The first-order chi connectivity index (χ1) is 15.9. The molecule has 33 heavy (non-hydrogen) atoms. The zero-order valence-corrected chi connectivity index (χ0v) is 18.7. The monoisotopic (exact) mass is 462 g/mol. The van der Waals surface area contributed by atoms with Crippen molar-refractivity contribution in [3.63, 3.8) is 0 Å². The summed E-state index contributed by atoms with van der Waals surface area (Å²) in [5, 5.41) is 17.7. The number of nitro benzene ring substituents is 1. The van der Waals surface area contributed by atoms with Crippen molar-refractivity contribution in [1.82, 2.24) is 5.43 Å². The van der Waals surface area contributed by atoms with E-state index in [-0.39, 0.29) is 23.3 Å². The molecule has 3 rings (SSSR count). The Morgan fingerprint density at radius 1 is 0.970 bits per heavy atom. The highest BCUT2D eigenvalue weighted by atomic mass is 32.2. The Labute approximate surface area is 195 Å². The molecule has 2 amide bonds. The quantitative estimate of drug-likeness (QED) is 0.274. The Morgan fingerprint density at radius 3 is 2.36 bits per heavy atom. The van der Waals surface area contributed by atoms with Crippen molar-refractivity contribution >= 4 is 40.7 Å². The van der Waals surface area contributed by atoms with Gasteiger partial charge in [0.25, 0.3) is 11.6 Å². The fraction of sp³-hybridized carbons (Fsp3) is 0.125. The summed E-state index contributed by atoms with van der Waals surface area (Å²) in [5.74, 6) is 0.286. The summed E-state index contributed by atoms with van der Waals surface area (Å²) < 4.78 is 0. The predicted molar refractivity (Wildman–Crippen MR) is 130 cm³/mol. The molecule has 0 aliphatic rings. The van der Waals surface area contributed by atoms with Crippen LogP contribution in [0.4, 0.5) is 11.4 Å². The molecule has 168 valence electrons. The molecule has 0 atom stereocenters. The van der Waals surface area contributed by atoms with E-state index in [0.717, 1.165) is 11.1 Å². The number of rotatable bonds is 9. The average molecular weight is 463 g/mol. The summed E-state index contributed by atoms with van der Waals surface area (Å²) in [6.07, 6.45) is 0. The molecule has 2 N–H and O–H groups in total. The van der Waals surface area contributed by atoms with Crippen LogP contribution < -0.4 is 10.7 Å². The van der Waals surface area contributed by atoms with E-state index in [1.807, 2.05) is 12.1 Å². The maximum absolute atomic E-state index is 12.3. The zero-order valence-electron chi connectivity index (χ0n) is 17.9. The van der Waals surface area contributed by atoms with Crippen molar-refractivity contribution in [1.29, 1.82) is 0 Å². The molecule has 0 aliphatic heterocycles. The maximum atomic E-state index is 12.3. The SMILES string of the molecule is CC(=NNC(=O)CSCc1ccc([N+](=O)[O-])cc1)c1cccc(NC(=O)c2ccccc2)c1. The van der Waals surface area contributed by atoms with Gasteiger partial charge in [0.1, 0.15) is 0 Å². The highest BCUT2D eigenvalue weighted by Gasteiger charge is 2.08. The molecule has 0 aromatic heterocycles. The van der Waals surface area contributed by atoms with Gasteiger partial charge < -0.3 is 5.32 Å². The second-order valence-electron chi connectivity index (χ2n) is 7.05. The Balaban J connectivity index is 1.49. The minimum Gasteiger partial charge on any atom is -0.322 e. The van der Waals surface area contributed by atoms with Gasteiger partial charge in [-0.05, 0) is 42.3 Å². The molecule has 9 heteroatoms. The van der Waals surface area contributed by atoms with Gasteiger partial charge in [0.2, 0.25) is 5.91 Å². The number of hydrogen-bond donors (Lipinski definition) is 2. The van der Waals surface area contributed by atoms with E-state index in [9.17, 15) is 19.7 Å². The molecule has 0 bridgehead atoms. The number of nitrogens with zero attached hydrogens (tertiary/aromatic N) is 2. The number of carbonyl (C=O) groups is 2. The first kappa shape index (κ1) is 23.7. The topological polar surface area (TPSA) is 114 Å². The number of amides is 2. The summed E-state index contributed by atoms with van der Waals surface area (Å²) in [5.41, 5.74) is 6.01. The molecule has 3 aromatic rings. The minimum atomic E-state index is -0.447. The molecule has 0 heterocycles. The first-order valence-electron chi connectivity index (χ1n) is 10.0. The summed E-state index contributed by atoms with van der Waals surface area (Å²) >= 11 is 1.38. The van der Waals surface area contributed by atoms with Crippen LogP contribution in [0.15, 0.2) is 84.0 Å². The molecular weight excluding hydrogens is 440 g/mol. The summed E-state index contributed by atoms with van der Waals surface area (Å²) in [6, 6.07) is 22.4. The van der Waals surface area contributed by atoms with Gasteiger partial charge >= 0.3 is 0 Å². The Morgan fingerprint density at radius 2 is 1.67 bits per heavy atom. The van der Waals surface area contributed by atoms with Gasteiger partial charge in [-0.15, -0.1) is 11.8 Å². The third kappa shape index (κ3) is 7.29. The number of hydrogen-bond acceptors (Lipinski definition) is 6. The Bertz CT molecular complexity index is 1160. The molecule has 0 radical (unpaired) electrons. The van der Waals surface area contributed by atoms with E-state index < -0.39 is 4.92 Å². The lowest BCUT2D eigenvalue weighted by Gasteiger charge is -2.08. The molecule has 8 nitrogen and oxygen atoms in total. The molecule has 0 saturated heterocycles. The number of carbonyl (C=O) groups excluding carboxylic acids is 2. The van der Waals surface area contributed by atoms with E-state index >= 15 is 0 Å². The van der Waals surface area contributed by atoms with Crippen LogP contribution in [0, 0.1) is 10.1 Å². The standard InChI is InChI=1S/C24H22N4O4S/c1-17(20-8-5-9-21(14-20)25-24(30)19-6-3-2-4-7-19)26-27-23(29)16-33-15-18-10-12-22(13-11-18)28(31)32/h2-14H,15-16H2,1H3,(H,25,30)(H,27,29). The van der Waals surface area contributed by atoms with Crippen LogP contribution in [0.3, 0.4) is 0 Å². The van der Waals surface area contributed by atoms with Crippen LogP contribution in [0.1, 0.15) is 28.4 Å². The van der Waals surface area contributed by atoms with E-state index in [2.05, 4.69) is 15.8 Å². The van der Waals surface area contributed by atoms with Crippen LogP contribution in [-0.4, -0.2) is 28.2 Å². The summed E-state index contributed by atoms with van der Waals surface area (Å²) in [7, 11) is 0. The van der Waals surface area contributed by atoms with Crippen LogP contribution >= 0.6 is 11.8 Å². The fourth-order valence-corrected chi connectivity index (χ4v) is 3.61. The second kappa shape index (κ2) is 11.6. The average Bonchev–Trinajstić information content (AvgIpc) is 2.83. The number of nitro groups is 1. The molecule has 0 fully saturated rings. The van der Waals surface area contributed by atoms with Crippen molar-refractivity contribution in [2.45, 2.75) is 12.7 Å². The molecular formula is C24H22N4O4S. The molecule has 3 aromatic carbocycles. The predicted octanol–water partition coefficient (Wildman–Crippen LogP) is 4.62. The number of benzene rings is 3. The van der Waals surface area contributed by atoms with Crippen molar-refractivity contribution in [2.24, 2.45) is 5.10 Å². The Hall–Kier alpha value is -3.98. The van der Waals surface area contributed by atoms with Gasteiger partial charge in [0, 0.05) is 29.1 Å². The maximum Gasteiger partial charge on any atom is 0.269 e. The van der Waals surface area contributed by atoms with Crippen molar-refractivity contribution in [3.8, 4) is 0 Å². The van der Waals surface area contributed by atoms with E-state index in [1.165, 1.54) is 23.9 Å². The number of thioether (sulfide) groups is 1. The van der Waals surface area contributed by atoms with Gasteiger partial charge in [-0.2, -0.15) is 5.10 Å². The summed E-state index contributed by atoms with van der Waals surface area (Å²) in [4.78, 5) is 34.7. The van der Waals surface area contributed by atoms with E-state index in [4.69, 9.17) is 0 Å². The number of hydrazone groups is 1. The smallest absolute Gasteiger partial charge is 0.269 e. The first-order valence-corrected chi connectivity index (χ1v) is 11.2. The fourth-order valence-electron chi connectivity index (χ4n) is 2.83. The largest absolute Gasteiger partial charge is 0.322 e. The third-order valence-electron chi connectivity index (χ3n) is 4.57. The van der Waals surface area contributed by atoms with E-state index in [0.29, 0.717) is 22.7 Å². The van der Waals surface area contributed by atoms with Crippen LogP contribution in [0.5, 0.6) is 0 Å². The van der Waals surface area contributed by atoms with E-state index in [1.54, 1.807) is 61.5 Å². The van der Waals surface area contributed by atoms with Gasteiger partial charge in [-0.3, -0.25) is 19.7 Å². The van der Waals surface area contributed by atoms with Crippen molar-refractivity contribution < 1.29 is 14.5 Å². The van der Waals surface area contributed by atoms with Crippen LogP contribution in [0.2, 0.25) is 0 Å². The van der Waals surface area contributed by atoms with Crippen molar-refractivity contribution in [2.75, 3.05) is 11.1 Å². The number of anilines is 1. The lowest BCUT2D eigenvalue weighted by Crippen LogP contribution is -2.21. The van der Waals surface area contributed by atoms with Gasteiger partial charge in [0.15, 0.2) is 0 Å². The molecule has 0 spiro atoms. The molecule has 0 unspecified atom stereocenters. The highest BCUT2D eigenvalue weighted by molar-refractivity contribution is 7.99. The minimum absolute atomic E-state index is 0.0370. The molecule has 0 aliphatic carbocycles. The van der Waals surface area contributed by atoms with Crippen LogP contribution in [-0.2, 0) is 10.5 Å². The Kier molecular flexibility index (Phi) is 8.31.